The van der Waals surface area contributed by atoms with Crippen molar-refractivity contribution in [1.29, 1.82) is 0 Å². The number of ether oxygens (including phenoxy) is 1. The summed E-state index contributed by atoms with van der Waals surface area (Å²) in [4.78, 5) is 27.8. The fourth-order valence-electron chi connectivity index (χ4n) is 3.72. The van der Waals surface area contributed by atoms with Crippen LogP contribution in [0.15, 0.2) is 111 Å². The molecule has 1 N–H and O–H groups in total. The molecule has 1 aliphatic rings. The summed E-state index contributed by atoms with van der Waals surface area (Å²) in [5.74, 6) is 0.453. The smallest absolute Gasteiger partial charge is 0.267 e. The lowest BCUT2D eigenvalue weighted by molar-refractivity contribution is -0.122. The van der Waals surface area contributed by atoms with Gasteiger partial charge in [0.05, 0.1) is 23.9 Å². The van der Waals surface area contributed by atoms with E-state index in [-0.39, 0.29) is 25.0 Å². The molecule has 11 heteroatoms. The zero-order valence-electron chi connectivity index (χ0n) is 21.4. The van der Waals surface area contributed by atoms with Crippen molar-refractivity contribution in [1.82, 2.24) is 4.90 Å². The van der Waals surface area contributed by atoms with Crippen LogP contribution in [0, 0.1) is 0 Å². The standard InChI is InChI=1S/C30H22Cl2N4O4S/c31-22-9-7-20(8-10-22)17-33-35-30-36(18-25-5-3-15-39-25)29(38)27(41-30)16-21-4-1-2-6-26(21)40-19-28(37)34-24-13-11-23(32)12-14-24/h1-17H,18-19H2,(H,34,37)/b27-16-,33-17+,35-30-. The highest BCUT2D eigenvalue weighted by molar-refractivity contribution is 8.18. The van der Waals surface area contributed by atoms with E-state index in [1.807, 2.05) is 18.2 Å². The Labute approximate surface area is 250 Å². The summed E-state index contributed by atoms with van der Waals surface area (Å²) in [6, 6.07) is 24.6. The Morgan fingerprint density at radius 3 is 2.44 bits per heavy atom. The van der Waals surface area contributed by atoms with E-state index >= 15 is 0 Å². The molecule has 2 amide bonds. The molecule has 0 spiro atoms. The Morgan fingerprint density at radius 1 is 0.976 bits per heavy atom. The van der Waals surface area contributed by atoms with Crippen LogP contribution >= 0.6 is 35.0 Å². The molecule has 1 aliphatic heterocycles. The van der Waals surface area contributed by atoms with E-state index in [0.29, 0.717) is 42.9 Å². The molecule has 8 nitrogen and oxygen atoms in total. The molecule has 3 aromatic carbocycles. The van der Waals surface area contributed by atoms with Gasteiger partial charge in [0.1, 0.15) is 11.5 Å². The van der Waals surface area contributed by atoms with E-state index in [9.17, 15) is 9.59 Å². The summed E-state index contributed by atoms with van der Waals surface area (Å²) in [7, 11) is 0. The molecule has 0 saturated carbocycles. The van der Waals surface area contributed by atoms with Gasteiger partial charge in [0.15, 0.2) is 11.8 Å². The van der Waals surface area contributed by atoms with E-state index in [2.05, 4.69) is 15.5 Å². The molecule has 0 aliphatic carbocycles. The predicted octanol–water partition coefficient (Wildman–Crippen LogP) is 7.11. The van der Waals surface area contributed by atoms with Crippen molar-refractivity contribution in [2.75, 3.05) is 11.9 Å². The number of para-hydroxylation sites is 1. The third-order valence-electron chi connectivity index (χ3n) is 5.69. The number of furan rings is 1. The quantitative estimate of drug-likeness (QED) is 0.125. The number of carbonyl (C=O) groups is 2. The second-order valence-corrected chi connectivity index (χ2v) is 10.5. The van der Waals surface area contributed by atoms with Crippen LogP contribution in [0.2, 0.25) is 10.0 Å². The van der Waals surface area contributed by atoms with Gasteiger partial charge in [-0.3, -0.25) is 14.5 Å². The van der Waals surface area contributed by atoms with Crippen LogP contribution in [0.3, 0.4) is 0 Å². The van der Waals surface area contributed by atoms with Gasteiger partial charge in [0.25, 0.3) is 11.8 Å². The number of benzene rings is 3. The summed E-state index contributed by atoms with van der Waals surface area (Å²) in [6.45, 7) is -0.0326. The minimum Gasteiger partial charge on any atom is -0.483 e. The van der Waals surface area contributed by atoms with E-state index in [4.69, 9.17) is 32.4 Å². The maximum atomic E-state index is 13.5. The SMILES string of the molecule is O=C(COc1ccccc1/C=C1\S/C(=N\N=C\c2ccc(Cl)cc2)N(Cc2ccco2)C1=O)Nc1ccc(Cl)cc1. The Morgan fingerprint density at radius 2 is 1.71 bits per heavy atom. The van der Waals surface area contributed by atoms with Gasteiger partial charge < -0.3 is 14.5 Å². The highest BCUT2D eigenvalue weighted by atomic mass is 35.5. The first-order chi connectivity index (χ1) is 19.9. The Bertz CT molecular complexity index is 1620. The van der Waals surface area contributed by atoms with Gasteiger partial charge in [-0.2, -0.15) is 5.10 Å². The predicted molar refractivity (Wildman–Crippen MR) is 163 cm³/mol. The second-order valence-electron chi connectivity index (χ2n) is 8.64. The zero-order valence-corrected chi connectivity index (χ0v) is 23.7. The van der Waals surface area contributed by atoms with Crippen molar-refractivity contribution < 1.29 is 18.7 Å². The molecule has 0 radical (unpaired) electrons. The molecule has 1 aromatic heterocycles. The molecule has 5 rings (SSSR count). The number of hydrogen-bond acceptors (Lipinski definition) is 7. The van der Waals surface area contributed by atoms with Gasteiger partial charge in [-0.15, -0.1) is 5.10 Å². The van der Waals surface area contributed by atoms with E-state index in [0.717, 1.165) is 5.56 Å². The first kappa shape index (κ1) is 28.2. The van der Waals surface area contributed by atoms with Crippen molar-refractivity contribution in [3.8, 4) is 5.75 Å². The van der Waals surface area contributed by atoms with Crippen molar-refractivity contribution in [3.05, 3.63) is 123 Å². The van der Waals surface area contributed by atoms with Gasteiger partial charge in [-0.25, -0.2) is 0 Å². The molecule has 41 heavy (non-hydrogen) atoms. The van der Waals surface area contributed by atoms with Crippen LogP contribution in [0.5, 0.6) is 5.75 Å². The number of carbonyl (C=O) groups excluding carboxylic acids is 2. The lowest BCUT2D eigenvalue weighted by Gasteiger charge is -2.12. The van der Waals surface area contributed by atoms with Gasteiger partial charge >= 0.3 is 0 Å². The Hall–Kier alpha value is -4.31. The van der Waals surface area contributed by atoms with Crippen molar-refractivity contribution in [2.45, 2.75) is 6.54 Å². The molecule has 206 valence electrons. The first-order valence-electron chi connectivity index (χ1n) is 12.3. The summed E-state index contributed by atoms with van der Waals surface area (Å²) in [5, 5.41) is 12.8. The summed E-state index contributed by atoms with van der Waals surface area (Å²) in [6.07, 6.45) is 4.84. The van der Waals surface area contributed by atoms with Crippen LogP contribution < -0.4 is 10.1 Å². The molecular weight excluding hydrogens is 583 g/mol. The second kappa shape index (κ2) is 13.4. The maximum absolute atomic E-state index is 13.5. The number of thioether (sulfide) groups is 1. The first-order valence-corrected chi connectivity index (χ1v) is 13.9. The number of nitrogens with zero attached hydrogens (tertiary/aromatic N) is 3. The number of hydrogen-bond donors (Lipinski definition) is 1. The van der Waals surface area contributed by atoms with Crippen molar-refractivity contribution in [2.24, 2.45) is 10.2 Å². The summed E-state index contributed by atoms with van der Waals surface area (Å²) in [5.41, 5.74) is 2.05. The Kier molecular flexibility index (Phi) is 9.20. The van der Waals surface area contributed by atoms with E-state index in [1.54, 1.807) is 85.3 Å². The van der Waals surface area contributed by atoms with Crippen LogP contribution in [-0.2, 0) is 16.1 Å². The topological polar surface area (TPSA) is 96.5 Å². The van der Waals surface area contributed by atoms with Crippen molar-refractivity contribution >= 4 is 69.9 Å². The van der Waals surface area contributed by atoms with E-state index in [1.165, 1.54) is 16.7 Å². The van der Waals surface area contributed by atoms with Crippen LogP contribution in [0.25, 0.3) is 6.08 Å². The van der Waals surface area contributed by atoms with Gasteiger partial charge in [0.2, 0.25) is 0 Å². The van der Waals surface area contributed by atoms with E-state index < -0.39 is 0 Å². The number of amidine groups is 1. The largest absolute Gasteiger partial charge is 0.483 e. The third kappa shape index (κ3) is 7.67. The normalized spacial score (nSPS) is 15.3. The molecule has 2 heterocycles. The van der Waals surface area contributed by atoms with Gasteiger partial charge in [-0.05, 0) is 78.0 Å². The monoisotopic (exact) mass is 604 g/mol. The average Bonchev–Trinajstić information content (AvgIpc) is 3.59. The number of anilines is 1. The van der Waals surface area contributed by atoms with Crippen LogP contribution in [0.4, 0.5) is 5.69 Å². The summed E-state index contributed by atoms with van der Waals surface area (Å²) < 4.78 is 11.3. The lowest BCUT2D eigenvalue weighted by atomic mass is 10.2. The molecule has 0 unspecified atom stereocenters. The molecule has 0 bridgehead atoms. The average molecular weight is 606 g/mol. The van der Waals surface area contributed by atoms with Gasteiger partial charge in [0, 0.05) is 21.3 Å². The van der Waals surface area contributed by atoms with Crippen LogP contribution in [-0.4, -0.2) is 34.7 Å². The maximum Gasteiger partial charge on any atom is 0.267 e. The fraction of sp³-hybridized carbons (Fsp3) is 0.0667. The Balaban J connectivity index is 1.33. The van der Waals surface area contributed by atoms with Crippen LogP contribution in [0.1, 0.15) is 16.9 Å². The highest BCUT2D eigenvalue weighted by Gasteiger charge is 2.34. The van der Waals surface area contributed by atoms with Gasteiger partial charge in [-0.1, -0.05) is 53.5 Å². The third-order valence-corrected chi connectivity index (χ3v) is 7.20. The number of rotatable bonds is 9. The number of nitrogens with one attached hydrogen (secondary N) is 1. The highest BCUT2D eigenvalue weighted by Crippen LogP contribution is 2.35. The zero-order chi connectivity index (χ0) is 28.6. The minimum atomic E-state index is -0.335. The molecule has 0 atom stereocenters. The summed E-state index contributed by atoms with van der Waals surface area (Å²) >= 11 is 13.0. The van der Waals surface area contributed by atoms with Crippen molar-refractivity contribution in [3.63, 3.8) is 0 Å². The lowest BCUT2D eigenvalue weighted by Crippen LogP contribution is -2.28. The molecule has 4 aromatic rings. The fourth-order valence-corrected chi connectivity index (χ4v) is 4.90. The molecule has 1 saturated heterocycles. The minimum absolute atomic E-state index is 0.189. The molecule has 1 fully saturated rings. The number of amides is 2. The number of halogens is 2. The molecular formula is C30H22Cl2N4O4S.